The molecule has 1 N–H and O–H groups in total. The van der Waals surface area contributed by atoms with Crippen LogP contribution in [0.2, 0.25) is 0 Å². The van der Waals surface area contributed by atoms with Gasteiger partial charge in [0, 0.05) is 30.4 Å². The molecule has 8 heteroatoms. The number of aryl methyl sites for hydroxylation is 1. The summed E-state index contributed by atoms with van der Waals surface area (Å²) in [5, 5.41) is 2.65. The Kier molecular flexibility index (Phi) is 7.86. The number of hydrogen-bond donors (Lipinski definition) is 1. The molecule has 0 unspecified atom stereocenters. The van der Waals surface area contributed by atoms with E-state index in [-0.39, 0.29) is 17.2 Å². The first-order valence-electron chi connectivity index (χ1n) is 12.0. The van der Waals surface area contributed by atoms with Crippen LogP contribution in [0.1, 0.15) is 50.6 Å². The van der Waals surface area contributed by atoms with Gasteiger partial charge in [0.2, 0.25) is 0 Å². The lowest BCUT2D eigenvalue weighted by Gasteiger charge is -2.32. The Morgan fingerprint density at radius 3 is 2.16 bits per heavy atom. The third-order valence-electron chi connectivity index (χ3n) is 6.64. The fraction of sp³-hybridized carbons (Fsp3) is 0.276. The summed E-state index contributed by atoms with van der Waals surface area (Å²) in [6.45, 7) is 2.87. The molecule has 2 amide bonds. The Labute approximate surface area is 215 Å². The van der Waals surface area contributed by atoms with E-state index in [1.807, 2.05) is 19.1 Å². The van der Waals surface area contributed by atoms with Crippen molar-refractivity contribution in [2.24, 2.45) is 0 Å². The van der Waals surface area contributed by atoms with Crippen molar-refractivity contribution in [1.82, 2.24) is 4.90 Å². The van der Waals surface area contributed by atoms with E-state index in [4.69, 9.17) is 9.47 Å². The normalized spacial score (nSPS) is 13.7. The number of hydrogen-bond acceptors (Lipinski definition) is 5. The van der Waals surface area contributed by atoms with E-state index in [1.54, 1.807) is 41.3 Å². The third kappa shape index (κ3) is 5.80. The molecule has 1 fully saturated rings. The van der Waals surface area contributed by atoms with Gasteiger partial charge in [-0.2, -0.15) is 0 Å². The second-order valence-corrected chi connectivity index (χ2v) is 9.03. The Balaban J connectivity index is 1.35. The minimum Gasteiger partial charge on any atom is -0.497 e. The monoisotopic (exact) mass is 504 g/mol. The van der Waals surface area contributed by atoms with E-state index in [9.17, 15) is 18.8 Å². The first kappa shape index (κ1) is 25.9. The number of amides is 2. The highest BCUT2D eigenvalue weighted by Crippen LogP contribution is 2.32. The van der Waals surface area contributed by atoms with Crippen LogP contribution in [0.25, 0.3) is 0 Å². The largest absolute Gasteiger partial charge is 0.497 e. The number of piperidine rings is 1. The number of rotatable bonds is 7. The molecule has 1 heterocycles. The standard InChI is InChI=1S/C29H29FN2O5/c1-18-4-6-21(7-5-18)27(33)28(34)31-22-10-8-19(9-11-22)20-12-14-32(15-13-20)29(35)24-16-23(36-2)17-25(37-3)26(24)30/h4-11,16-17,20H,12-15H2,1-3H3,(H,31,34). The molecule has 192 valence electrons. The van der Waals surface area contributed by atoms with E-state index >= 15 is 0 Å². The molecule has 7 nitrogen and oxygen atoms in total. The van der Waals surface area contributed by atoms with Crippen molar-refractivity contribution < 1.29 is 28.2 Å². The summed E-state index contributed by atoms with van der Waals surface area (Å²) in [6, 6.07) is 17.0. The first-order chi connectivity index (χ1) is 17.8. The Hall–Kier alpha value is -4.20. The maximum Gasteiger partial charge on any atom is 0.296 e. The highest BCUT2D eigenvalue weighted by molar-refractivity contribution is 6.46. The van der Waals surface area contributed by atoms with Gasteiger partial charge < -0.3 is 19.7 Å². The van der Waals surface area contributed by atoms with Crippen molar-refractivity contribution >= 4 is 23.3 Å². The maximum absolute atomic E-state index is 14.7. The fourth-order valence-electron chi connectivity index (χ4n) is 4.44. The van der Waals surface area contributed by atoms with Crippen molar-refractivity contribution in [3.05, 3.63) is 88.7 Å². The summed E-state index contributed by atoms with van der Waals surface area (Å²) < 4.78 is 25.0. The maximum atomic E-state index is 14.7. The second kappa shape index (κ2) is 11.2. The minimum atomic E-state index is -0.700. The summed E-state index contributed by atoms with van der Waals surface area (Å²) in [5.74, 6) is -1.85. The SMILES string of the molecule is COc1cc(OC)c(F)c(C(=O)N2CCC(c3ccc(NC(=O)C(=O)c4ccc(C)cc4)cc3)CC2)c1. The molecule has 3 aromatic rings. The van der Waals surface area contributed by atoms with Crippen LogP contribution in [0.15, 0.2) is 60.7 Å². The van der Waals surface area contributed by atoms with Gasteiger partial charge in [-0.05, 0) is 49.4 Å². The summed E-state index contributed by atoms with van der Waals surface area (Å²) in [4.78, 5) is 39.4. The summed E-state index contributed by atoms with van der Waals surface area (Å²) in [6.07, 6.45) is 1.43. The number of methoxy groups -OCH3 is 2. The van der Waals surface area contributed by atoms with Crippen molar-refractivity contribution in [2.75, 3.05) is 32.6 Å². The number of halogens is 1. The number of anilines is 1. The van der Waals surface area contributed by atoms with E-state index in [0.717, 1.165) is 11.1 Å². The Morgan fingerprint density at radius 1 is 0.919 bits per heavy atom. The van der Waals surface area contributed by atoms with Crippen LogP contribution in [0.4, 0.5) is 10.1 Å². The van der Waals surface area contributed by atoms with Gasteiger partial charge in [-0.1, -0.05) is 42.0 Å². The zero-order valence-corrected chi connectivity index (χ0v) is 21.0. The van der Waals surface area contributed by atoms with E-state index in [1.165, 1.54) is 26.4 Å². The van der Waals surface area contributed by atoms with E-state index in [2.05, 4.69) is 5.32 Å². The second-order valence-electron chi connectivity index (χ2n) is 9.03. The molecule has 0 spiro atoms. The highest BCUT2D eigenvalue weighted by Gasteiger charge is 2.28. The van der Waals surface area contributed by atoms with Crippen LogP contribution < -0.4 is 14.8 Å². The number of nitrogens with zero attached hydrogens (tertiary/aromatic N) is 1. The third-order valence-corrected chi connectivity index (χ3v) is 6.64. The van der Waals surface area contributed by atoms with Crippen LogP contribution >= 0.6 is 0 Å². The van der Waals surface area contributed by atoms with Gasteiger partial charge in [0.05, 0.1) is 19.8 Å². The minimum absolute atomic E-state index is 0.0367. The van der Waals surface area contributed by atoms with Gasteiger partial charge in [0.25, 0.3) is 17.6 Å². The lowest BCUT2D eigenvalue weighted by Crippen LogP contribution is -2.38. The molecular weight excluding hydrogens is 475 g/mol. The van der Waals surface area contributed by atoms with Crippen LogP contribution in [0, 0.1) is 12.7 Å². The molecule has 1 aliphatic heterocycles. The van der Waals surface area contributed by atoms with Crippen molar-refractivity contribution in [1.29, 1.82) is 0 Å². The molecular formula is C29H29FN2O5. The van der Waals surface area contributed by atoms with Crippen molar-refractivity contribution in [3.63, 3.8) is 0 Å². The first-order valence-corrected chi connectivity index (χ1v) is 12.0. The molecule has 0 aliphatic carbocycles. The number of benzene rings is 3. The van der Waals surface area contributed by atoms with Crippen LogP contribution in [-0.2, 0) is 4.79 Å². The topological polar surface area (TPSA) is 84.9 Å². The lowest BCUT2D eigenvalue weighted by atomic mass is 9.89. The molecule has 37 heavy (non-hydrogen) atoms. The smallest absolute Gasteiger partial charge is 0.296 e. The van der Waals surface area contributed by atoms with Gasteiger partial charge in [-0.25, -0.2) is 4.39 Å². The zero-order chi connectivity index (χ0) is 26.5. The fourth-order valence-corrected chi connectivity index (χ4v) is 4.44. The van der Waals surface area contributed by atoms with E-state index in [0.29, 0.717) is 42.9 Å². The molecule has 1 aliphatic rings. The molecule has 0 radical (unpaired) electrons. The molecule has 1 saturated heterocycles. The van der Waals surface area contributed by atoms with Crippen LogP contribution in [0.3, 0.4) is 0 Å². The van der Waals surface area contributed by atoms with E-state index < -0.39 is 23.4 Å². The number of ketones is 1. The number of carbonyl (C=O) groups excluding carboxylic acids is 3. The predicted molar refractivity (Wildman–Crippen MR) is 138 cm³/mol. The molecule has 0 bridgehead atoms. The molecule has 4 rings (SSSR count). The van der Waals surface area contributed by atoms with Gasteiger partial charge >= 0.3 is 0 Å². The highest BCUT2D eigenvalue weighted by atomic mass is 19.1. The molecule has 0 saturated carbocycles. The number of nitrogens with one attached hydrogen (secondary N) is 1. The van der Waals surface area contributed by atoms with Gasteiger partial charge in [-0.3, -0.25) is 14.4 Å². The number of Topliss-reactive ketones (excluding diaryl/α,β-unsaturated/α-hetero) is 1. The molecule has 3 aromatic carbocycles. The van der Waals surface area contributed by atoms with Gasteiger partial charge in [-0.15, -0.1) is 0 Å². The number of ether oxygens (including phenoxy) is 2. The molecule has 0 aromatic heterocycles. The average molecular weight is 505 g/mol. The zero-order valence-electron chi connectivity index (χ0n) is 21.0. The predicted octanol–water partition coefficient (Wildman–Crippen LogP) is 4.99. The quantitative estimate of drug-likeness (QED) is 0.362. The summed E-state index contributed by atoms with van der Waals surface area (Å²) in [7, 11) is 2.79. The lowest BCUT2D eigenvalue weighted by molar-refractivity contribution is -0.112. The summed E-state index contributed by atoms with van der Waals surface area (Å²) in [5.41, 5.74) is 2.88. The Morgan fingerprint density at radius 2 is 1.57 bits per heavy atom. The van der Waals surface area contributed by atoms with Crippen molar-refractivity contribution in [3.8, 4) is 11.5 Å². The van der Waals surface area contributed by atoms with Crippen LogP contribution in [0.5, 0.6) is 11.5 Å². The molecule has 0 atom stereocenters. The number of carbonyl (C=O) groups is 3. The van der Waals surface area contributed by atoms with Crippen molar-refractivity contribution in [2.45, 2.75) is 25.7 Å². The average Bonchev–Trinajstić information content (AvgIpc) is 2.93. The summed E-state index contributed by atoms with van der Waals surface area (Å²) >= 11 is 0. The van der Waals surface area contributed by atoms with Crippen LogP contribution in [-0.4, -0.2) is 49.8 Å². The Bertz CT molecular complexity index is 1300. The van der Waals surface area contributed by atoms with Gasteiger partial charge in [0.15, 0.2) is 11.6 Å². The van der Waals surface area contributed by atoms with Gasteiger partial charge in [0.1, 0.15) is 5.75 Å². The number of likely N-dealkylation sites (tertiary alicyclic amines) is 1.